The maximum atomic E-state index is 10.00. The molecule has 3 heteroatoms. The number of hydrogen-bond acceptors (Lipinski definition) is 3. The first-order valence-electron chi connectivity index (χ1n) is 3.00. The van der Waals surface area contributed by atoms with Gasteiger partial charge in [-0.15, -0.1) is 0 Å². The van der Waals surface area contributed by atoms with Crippen LogP contribution in [0.4, 0.5) is 0 Å². The lowest BCUT2D eigenvalue weighted by Gasteiger charge is -2.13. The van der Waals surface area contributed by atoms with Crippen molar-refractivity contribution >= 4 is 5.97 Å². The molecule has 0 amide bonds. The Morgan fingerprint density at radius 1 is 1.67 bits per heavy atom. The normalized spacial score (nSPS) is 13.8. The van der Waals surface area contributed by atoms with E-state index in [1.807, 2.05) is 13.8 Å². The van der Waals surface area contributed by atoms with E-state index >= 15 is 0 Å². The largest absolute Gasteiger partial charge is 0.548 e. The van der Waals surface area contributed by atoms with Crippen LogP contribution in [0.3, 0.4) is 0 Å². The second kappa shape index (κ2) is 3.45. The van der Waals surface area contributed by atoms with Gasteiger partial charge in [-0.05, 0) is 12.3 Å². The second-order valence-corrected chi connectivity index (χ2v) is 2.56. The number of nitrogens with two attached hydrogens (primary N) is 1. The molecular weight excluding hydrogens is 118 g/mol. The van der Waals surface area contributed by atoms with Crippen molar-refractivity contribution in [1.29, 1.82) is 0 Å². The molecule has 9 heavy (non-hydrogen) atoms. The predicted octanol–water partition coefficient (Wildman–Crippen LogP) is -0.890. The first-order valence-corrected chi connectivity index (χ1v) is 3.00. The Morgan fingerprint density at radius 3 is 2.22 bits per heavy atom. The van der Waals surface area contributed by atoms with Crippen LogP contribution in [0.5, 0.6) is 0 Å². The zero-order valence-electron chi connectivity index (χ0n) is 5.76. The fourth-order valence-corrected chi connectivity index (χ4v) is 0.604. The molecular formula is C6H12NO2-. The van der Waals surface area contributed by atoms with Gasteiger partial charge in [0.25, 0.3) is 0 Å². The summed E-state index contributed by atoms with van der Waals surface area (Å²) in [6, 6.07) is -0.801. The molecule has 0 bridgehead atoms. The van der Waals surface area contributed by atoms with Crippen molar-refractivity contribution in [2.45, 2.75) is 26.3 Å². The Bertz CT molecular complexity index is 101. The maximum absolute atomic E-state index is 10.00. The molecule has 0 aliphatic rings. The molecule has 0 saturated carbocycles. The van der Waals surface area contributed by atoms with E-state index in [9.17, 15) is 9.90 Å². The van der Waals surface area contributed by atoms with E-state index in [0.29, 0.717) is 12.3 Å². The number of carboxylic acids is 1. The van der Waals surface area contributed by atoms with Crippen molar-refractivity contribution in [3.63, 3.8) is 0 Å². The summed E-state index contributed by atoms with van der Waals surface area (Å²) in [6.07, 6.45) is 0.488. The van der Waals surface area contributed by atoms with Crippen molar-refractivity contribution < 1.29 is 9.90 Å². The minimum Gasteiger partial charge on any atom is -0.548 e. The number of carbonyl (C=O) groups excluding carboxylic acids is 1. The van der Waals surface area contributed by atoms with Crippen LogP contribution in [0.25, 0.3) is 0 Å². The molecule has 0 aromatic heterocycles. The van der Waals surface area contributed by atoms with E-state index in [1.54, 1.807) is 0 Å². The van der Waals surface area contributed by atoms with Crippen LogP contribution < -0.4 is 10.8 Å². The Labute approximate surface area is 54.9 Å². The molecule has 0 aliphatic heterocycles. The monoisotopic (exact) mass is 130 g/mol. The van der Waals surface area contributed by atoms with Crippen molar-refractivity contribution in [2.24, 2.45) is 11.7 Å². The number of carboxylic acid groups (broad SMARTS) is 1. The molecule has 0 rings (SSSR count). The fraction of sp³-hybridized carbons (Fsp3) is 0.833. The van der Waals surface area contributed by atoms with Gasteiger partial charge in [-0.1, -0.05) is 13.8 Å². The Balaban J connectivity index is 3.50. The third kappa shape index (κ3) is 3.97. The summed E-state index contributed by atoms with van der Waals surface area (Å²) >= 11 is 0. The van der Waals surface area contributed by atoms with Crippen LogP contribution in [-0.2, 0) is 4.79 Å². The first-order chi connectivity index (χ1) is 4.04. The van der Waals surface area contributed by atoms with Crippen molar-refractivity contribution in [1.82, 2.24) is 0 Å². The van der Waals surface area contributed by atoms with Gasteiger partial charge in [-0.3, -0.25) is 0 Å². The number of hydrogen-bond donors (Lipinski definition) is 1. The fourth-order valence-electron chi connectivity index (χ4n) is 0.604. The van der Waals surface area contributed by atoms with Crippen LogP contribution in [0.2, 0.25) is 0 Å². The van der Waals surface area contributed by atoms with E-state index < -0.39 is 12.0 Å². The minimum atomic E-state index is -1.16. The summed E-state index contributed by atoms with van der Waals surface area (Å²) in [5.41, 5.74) is 5.16. The van der Waals surface area contributed by atoms with Gasteiger partial charge in [0.15, 0.2) is 0 Å². The van der Waals surface area contributed by atoms with Crippen LogP contribution >= 0.6 is 0 Å². The Kier molecular flexibility index (Phi) is 3.24. The second-order valence-electron chi connectivity index (χ2n) is 2.56. The molecule has 1 unspecified atom stereocenters. The SMILES string of the molecule is CC(C)CC(N)C(=O)[O-]. The lowest BCUT2D eigenvalue weighted by atomic mass is 10.1. The third-order valence-electron chi connectivity index (χ3n) is 1.03. The van der Waals surface area contributed by atoms with Gasteiger partial charge in [0.1, 0.15) is 0 Å². The highest BCUT2D eigenvalue weighted by atomic mass is 16.4. The number of rotatable bonds is 3. The predicted molar refractivity (Wildman–Crippen MR) is 32.4 cm³/mol. The zero-order valence-corrected chi connectivity index (χ0v) is 5.76. The lowest BCUT2D eigenvalue weighted by molar-refractivity contribution is -0.307. The summed E-state index contributed by atoms with van der Waals surface area (Å²) in [7, 11) is 0. The van der Waals surface area contributed by atoms with Gasteiger partial charge in [-0.2, -0.15) is 0 Å². The molecule has 54 valence electrons. The van der Waals surface area contributed by atoms with Crippen LogP contribution in [0, 0.1) is 5.92 Å². The standard InChI is InChI=1S/C6H13NO2/c1-4(2)3-5(7)6(8)9/h4-5H,3,7H2,1-2H3,(H,8,9)/p-1. The third-order valence-corrected chi connectivity index (χ3v) is 1.03. The van der Waals surface area contributed by atoms with Crippen LogP contribution in [0.1, 0.15) is 20.3 Å². The molecule has 0 aromatic rings. The Morgan fingerprint density at radius 2 is 2.11 bits per heavy atom. The smallest absolute Gasteiger partial charge is 0.0582 e. The van der Waals surface area contributed by atoms with Crippen LogP contribution in [-0.4, -0.2) is 12.0 Å². The molecule has 3 nitrogen and oxygen atoms in total. The van der Waals surface area contributed by atoms with Crippen LogP contribution in [0.15, 0.2) is 0 Å². The van der Waals surface area contributed by atoms with E-state index in [-0.39, 0.29) is 0 Å². The van der Waals surface area contributed by atoms with Gasteiger partial charge >= 0.3 is 0 Å². The Hall–Kier alpha value is -0.570. The minimum absolute atomic E-state index is 0.317. The highest BCUT2D eigenvalue weighted by Crippen LogP contribution is 2.00. The van der Waals surface area contributed by atoms with Gasteiger partial charge in [-0.25, -0.2) is 0 Å². The van der Waals surface area contributed by atoms with E-state index in [0.717, 1.165) is 0 Å². The van der Waals surface area contributed by atoms with Crippen molar-refractivity contribution in [3.05, 3.63) is 0 Å². The van der Waals surface area contributed by atoms with Gasteiger partial charge < -0.3 is 15.6 Å². The van der Waals surface area contributed by atoms with E-state index in [4.69, 9.17) is 5.73 Å². The molecule has 0 saturated heterocycles. The molecule has 0 aromatic carbocycles. The summed E-state index contributed by atoms with van der Waals surface area (Å²) in [6.45, 7) is 3.84. The summed E-state index contributed by atoms with van der Waals surface area (Å²) in [4.78, 5) is 10.00. The molecule has 0 radical (unpaired) electrons. The molecule has 0 spiro atoms. The van der Waals surface area contributed by atoms with E-state index in [1.165, 1.54) is 0 Å². The zero-order chi connectivity index (χ0) is 7.44. The lowest BCUT2D eigenvalue weighted by Crippen LogP contribution is -2.42. The molecule has 1 atom stereocenters. The maximum Gasteiger partial charge on any atom is 0.0582 e. The first kappa shape index (κ1) is 8.43. The average molecular weight is 130 g/mol. The molecule has 0 aliphatic carbocycles. The quantitative estimate of drug-likeness (QED) is 0.539. The summed E-state index contributed by atoms with van der Waals surface area (Å²) < 4.78 is 0. The number of aliphatic carboxylic acids is 1. The molecule has 2 N–H and O–H groups in total. The highest BCUT2D eigenvalue weighted by molar-refractivity contribution is 5.70. The van der Waals surface area contributed by atoms with Gasteiger partial charge in [0, 0.05) is 6.04 Å². The van der Waals surface area contributed by atoms with Crippen molar-refractivity contribution in [3.8, 4) is 0 Å². The highest BCUT2D eigenvalue weighted by Gasteiger charge is 2.04. The van der Waals surface area contributed by atoms with Gasteiger partial charge in [0.05, 0.1) is 5.97 Å². The van der Waals surface area contributed by atoms with Crippen molar-refractivity contribution in [2.75, 3.05) is 0 Å². The molecule has 0 fully saturated rings. The summed E-state index contributed by atoms with van der Waals surface area (Å²) in [5, 5.41) is 10.00. The molecule has 0 heterocycles. The number of carbonyl (C=O) groups is 1. The van der Waals surface area contributed by atoms with Gasteiger partial charge in [0.2, 0.25) is 0 Å². The summed E-state index contributed by atoms with van der Waals surface area (Å²) in [5.74, 6) is -0.846. The average Bonchev–Trinajstić information content (AvgIpc) is 1.63. The van der Waals surface area contributed by atoms with E-state index in [2.05, 4.69) is 0 Å². The topological polar surface area (TPSA) is 66.2 Å².